The van der Waals surface area contributed by atoms with E-state index in [0.717, 1.165) is 23.8 Å². The number of hydrogen-bond acceptors (Lipinski definition) is 2. The van der Waals surface area contributed by atoms with Crippen LogP contribution in [0.5, 0.6) is 0 Å². The fraction of sp³-hybridized carbons (Fsp3) is 0.692. The molecule has 0 bridgehead atoms. The number of anilines is 1. The SMILES string of the molecule is Cc1nc(CC(C)C)c2n1C(C(C)C)C(=O)N2. The van der Waals surface area contributed by atoms with Crippen LogP contribution in [0.25, 0.3) is 0 Å². The number of hydrogen-bond donors (Lipinski definition) is 1. The molecule has 1 aromatic heterocycles. The molecule has 1 atom stereocenters. The predicted octanol–water partition coefficient (Wildman–Crippen LogP) is 2.54. The number of amides is 1. The predicted molar refractivity (Wildman–Crippen MR) is 68.0 cm³/mol. The van der Waals surface area contributed by atoms with Crippen molar-refractivity contribution in [2.24, 2.45) is 11.8 Å². The van der Waals surface area contributed by atoms with Crippen molar-refractivity contribution >= 4 is 11.7 Å². The zero-order valence-corrected chi connectivity index (χ0v) is 11.2. The summed E-state index contributed by atoms with van der Waals surface area (Å²) < 4.78 is 2.06. The molecule has 0 spiro atoms. The monoisotopic (exact) mass is 235 g/mol. The molecule has 1 aliphatic heterocycles. The van der Waals surface area contributed by atoms with Gasteiger partial charge in [0.1, 0.15) is 17.7 Å². The van der Waals surface area contributed by atoms with E-state index >= 15 is 0 Å². The molecule has 17 heavy (non-hydrogen) atoms. The molecular formula is C13H21N3O. The van der Waals surface area contributed by atoms with Crippen molar-refractivity contribution in [3.63, 3.8) is 0 Å². The van der Waals surface area contributed by atoms with Crippen LogP contribution in [0.2, 0.25) is 0 Å². The van der Waals surface area contributed by atoms with E-state index < -0.39 is 0 Å². The summed E-state index contributed by atoms with van der Waals surface area (Å²) in [6.07, 6.45) is 0.911. The average Bonchev–Trinajstić information content (AvgIpc) is 2.65. The van der Waals surface area contributed by atoms with Crippen LogP contribution in [-0.2, 0) is 11.2 Å². The second-order valence-corrected chi connectivity index (χ2v) is 5.60. The number of carbonyl (C=O) groups is 1. The van der Waals surface area contributed by atoms with Crippen molar-refractivity contribution in [1.29, 1.82) is 0 Å². The van der Waals surface area contributed by atoms with Crippen molar-refractivity contribution in [2.75, 3.05) is 5.32 Å². The first-order valence-corrected chi connectivity index (χ1v) is 6.30. The number of carbonyl (C=O) groups excluding carboxylic acids is 1. The van der Waals surface area contributed by atoms with Crippen molar-refractivity contribution in [1.82, 2.24) is 9.55 Å². The van der Waals surface area contributed by atoms with Crippen molar-refractivity contribution in [3.8, 4) is 0 Å². The van der Waals surface area contributed by atoms with E-state index in [2.05, 4.69) is 42.6 Å². The van der Waals surface area contributed by atoms with Gasteiger partial charge in [-0.25, -0.2) is 4.98 Å². The largest absolute Gasteiger partial charge is 0.309 e. The number of fused-ring (bicyclic) bond motifs is 1. The fourth-order valence-corrected chi connectivity index (χ4v) is 2.51. The Morgan fingerprint density at radius 2 is 2.00 bits per heavy atom. The van der Waals surface area contributed by atoms with Gasteiger partial charge < -0.3 is 9.88 Å². The standard InChI is InChI=1S/C13H21N3O/c1-7(2)6-10-12-15-13(17)11(8(3)4)16(12)9(5)14-10/h7-8,11H,6H2,1-5H3,(H,15,17). The Hall–Kier alpha value is -1.32. The summed E-state index contributed by atoms with van der Waals surface area (Å²) in [4.78, 5) is 16.6. The number of nitrogens with one attached hydrogen (secondary N) is 1. The maximum Gasteiger partial charge on any atom is 0.248 e. The second-order valence-electron chi connectivity index (χ2n) is 5.60. The highest BCUT2D eigenvalue weighted by molar-refractivity contribution is 5.98. The lowest BCUT2D eigenvalue weighted by molar-refractivity contribution is -0.119. The zero-order chi connectivity index (χ0) is 12.7. The molecule has 94 valence electrons. The Bertz CT molecular complexity index is 446. The van der Waals surface area contributed by atoms with Gasteiger partial charge in [0.15, 0.2) is 0 Å². The maximum absolute atomic E-state index is 12.0. The lowest BCUT2D eigenvalue weighted by atomic mass is 10.0. The van der Waals surface area contributed by atoms with Gasteiger partial charge in [0.05, 0.1) is 5.69 Å². The van der Waals surface area contributed by atoms with Gasteiger partial charge in [-0.05, 0) is 25.2 Å². The highest BCUT2D eigenvalue weighted by Gasteiger charge is 2.36. The summed E-state index contributed by atoms with van der Waals surface area (Å²) in [6.45, 7) is 10.4. The smallest absolute Gasteiger partial charge is 0.248 e. The van der Waals surface area contributed by atoms with Crippen LogP contribution in [-0.4, -0.2) is 15.5 Å². The lowest BCUT2D eigenvalue weighted by Gasteiger charge is -2.15. The first-order chi connectivity index (χ1) is 7.91. The van der Waals surface area contributed by atoms with E-state index in [9.17, 15) is 4.79 Å². The van der Waals surface area contributed by atoms with E-state index in [1.54, 1.807) is 0 Å². The van der Waals surface area contributed by atoms with Gasteiger partial charge in [0.25, 0.3) is 0 Å². The molecule has 0 radical (unpaired) electrons. The fourth-order valence-electron chi connectivity index (χ4n) is 2.51. The number of nitrogens with zero attached hydrogens (tertiary/aromatic N) is 2. The minimum absolute atomic E-state index is 0.0987. The Labute approximate surface area is 102 Å². The van der Waals surface area contributed by atoms with Gasteiger partial charge in [-0.1, -0.05) is 27.7 Å². The van der Waals surface area contributed by atoms with E-state index in [1.165, 1.54) is 0 Å². The lowest BCUT2D eigenvalue weighted by Crippen LogP contribution is -2.21. The molecule has 1 N–H and O–H groups in total. The molecule has 0 aliphatic carbocycles. The normalized spacial score (nSPS) is 19.0. The molecule has 1 aromatic rings. The first-order valence-electron chi connectivity index (χ1n) is 6.30. The third-order valence-corrected chi connectivity index (χ3v) is 3.18. The summed E-state index contributed by atoms with van der Waals surface area (Å²) in [5, 5.41) is 2.99. The molecule has 0 saturated heterocycles. The van der Waals surface area contributed by atoms with E-state index in [4.69, 9.17) is 0 Å². The van der Waals surface area contributed by atoms with Gasteiger partial charge in [-0.2, -0.15) is 0 Å². The Balaban J connectivity index is 2.43. The number of imidazole rings is 1. The minimum atomic E-state index is -0.0987. The van der Waals surface area contributed by atoms with Gasteiger partial charge in [0.2, 0.25) is 5.91 Å². The summed E-state index contributed by atoms with van der Waals surface area (Å²) in [6, 6.07) is -0.0987. The summed E-state index contributed by atoms with van der Waals surface area (Å²) in [5.41, 5.74) is 1.02. The third-order valence-electron chi connectivity index (χ3n) is 3.18. The van der Waals surface area contributed by atoms with Crippen LogP contribution in [0.4, 0.5) is 5.82 Å². The average molecular weight is 235 g/mol. The van der Waals surface area contributed by atoms with Crippen LogP contribution in [0.15, 0.2) is 0 Å². The van der Waals surface area contributed by atoms with E-state index in [-0.39, 0.29) is 17.9 Å². The molecule has 1 amide bonds. The first kappa shape index (κ1) is 12.1. The maximum atomic E-state index is 12.0. The molecule has 0 fully saturated rings. The van der Waals surface area contributed by atoms with Crippen molar-refractivity contribution < 1.29 is 4.79 Å². The van der Waals surface area contributed by atoms with Crippen molar-refractivity contribution in [3.05, 3.63) is 11.5 Å². The molecule has 0 saturated carbocycles. The summed E-state index contributed by atoms with van der Waals surface area (Å²) in [5.74, 6) is 2.79. The van der Waals surface area contributed by atoms with Gasteiger partial charge in [-0.3, -0.25) is 4.79 Å². The molecule has 2 heterocycles. The topological polar surface area (TPSA) is 46.9 Å². The molecule has 0 aromatic carbocycles. The van der Waals surface area contributed by atoms with Gasteiger partial charge in [-0.15, -0.1) is 0 Å². The number of rotatable bonds is 3. The molecule has 1 aliphatic rings. The summed E-state index contributed by atoms with van der Waals surface area (Å²) in [7, 11) is 0. The number of aryl methyl sites for hydroxylation is 1. The molecule has 2 rings (SSSR count). The van der Waals surface area contributed by atoms with Gasteiger partial charge >= 0.3 is 0 Å². The van der Waals surface area contributed by atoms with Crippen molar-refractivity contribution in [2.45, 2.75) is 47.1 Å². The Morgan fingerprint density at radius 1 is 1.35 bits per heavy atom. The molecular weight excluding hydrogens is 214 g/mol. The van der Waals surface area contributed by atoms with Crippen LogP contribution in [0.3, 0.4) is 0 Å². The van der Waals surface area contributed by atoms with Crippen LogP contribution < -0.4 is 5.32 Å². The minimum Gasteiger partial charge on any atom is -0.309 e. The van der Waals surface area contributed by atoms with Crippen LogP contribution in [0, 0.1) is 18.8 Å². The quantitative estimate of drug-likeness (QED) is 0.875. The molecule has 1 unspecified atom stereocenters. The van der Waals surface area contributed by atoms with E-state index in [0.29, 0.717) is 5.92 Å². The molecule has 4 heteroatoms. The van der Waals surface area contributed by atoms with Crippen LogP contribution >= 0.6 is 0 Å². The third kappa shape index (κ3) is 1.96. The second kappa shape index (κ2) is 4.17. The van der Waals surface area contributed by atoms with E-state index in [1.807, 2.05) is 6.92 Å². The molecule has 4 nitrogen and oxygen atoms in total. The number of aromatic nitrogens is 2. The summed E-state index contributed by atoms with van der Waals surface area (Å²) >= 11 is 0. The highest BCUT2D eigenvalue weighted by Crippen LogP contribution is 2.34. The van der Waals surface area contributed by atoms with Crippen LogP contribution in [0.1, 0.15) is 45.3 Å². The highest BCUT2D eigenvalue weighted by atomic mass is 16.2. The Morgan fingerprint density at radius 3 is 2.53 bits per heavy atom. The Kier molecular flexibility index (Phi) is 2.98. The zero-order valence-electron chi connectivity index (χ0n) is 11.2. The van der Waals surface area contributed by atoms with Gasteiger partial charge in [0, 0.05) is 0 Å².